The maximum absolute atomic E-state index is 12.1. The number of aromatic nitrogens is 4. The zero-order chi connectivity index (χ0) is 16.8. The van der Waals surface area contributed by atoms with Gasteiger partial charge in [-0.3, -0.25) is 15.0 Å². The van der Waals surface area contributed by atoms with E-state index in [4.69, 9.17) is 0 Å². The van der Waals surface area contributed by atoms with Crippen molar-refractivity contribution in [3.05, 3.63) is 48.1 Å². The average Bonchev–Trinajstić information content (AvgIpc) is 2.48. The molecule has 2 rings (SSSR count). The molecule has 0 N–H and O–H groups in total. The van der Waals surface area contributed by atoms with Gasteiger partial charge in [-0.1, -0.05) is 27.7 Å². The molecule has 0 saturated carbocycles. The highest BCUT2D eigenvalue weighted by Gasteiger charge is 2.33. The quantitative estimate of drug-likeness (QED) is 0.833. The normalized spacial score (nSPS) is 11.3. The van der Waals surface area contributed by atoms with Crippen LogP contribution in [-0.2, 0) is 6.18 Å². The number of hydrogen-bond acceptors (Lipinski definition) is 4. The van der Waals surface area contributed by atoms with E-state index in [0.29, 0.717) is 11.6 Å². The molecule has 0 saturated heterocycles. The van der Waals surface area contributed by atoms with Crippen molar-refractivity contribution in [3.8, 4) is 0 Å². The van der Waals surface area contributed by atoms with Crippen LogP contribution in [0.3, 0.4) is 0 Å². The Labute approximate surface area is 127 Å². The van der Waals surface area contributed by atoms with Crippen LogP contribution in [0.4, 0.5) is 13.2 Å². The summed E-state index contributed by atoms with van der Waals surface area (Å²) in [5, 5.41) is 0. The highest BCUT2D eigenvalue weighted by atomic mass is 19.4. The zero-order valence-corrected chi connectivity index (χ0v) is 13.0. The number of hydrogen-bond donors (Lipinski definition) is 0. The molecule has 22 heavy (non-hydrogen) atoms. The van der Waals surface area contributed by atoms with Crippen LogP contribution in [-0.4, -0.2) is 19.9 Å². The van der Waals surface area contributed by atoms with Crippen molar-refractivity contribution >= 4 is 0 Å². The molecule has 0 aliphatic carbocycles. The second kappa shape index (κ2) is 7.82. The molecule has 0 atom stereocenters. The van der Waals surface area contributed by atoms with Gasteiger partial charge in [-0.15, -0.1) is 0 Å². The van der Waals surface area contributed by atoms with Crippen molar-refractivity contribution in [2.24, 2.45) is 0 Å². The van der Waals surface area contributed by atoms with E-state index in [2.05, 4.69) is 33.8 Å². The fourth-order valence-electron chi connectivity index (χ4n) is 1.40. The fourth-order valence-corrected chi connectivity index (χ4v) is 1.40. The van der Waals surface area contributed by atoms with Crippen molar-refractivity contribution in [2.45, 2.75) is 45.7 Å². The Bertz CT molecular complexity index is 569. The Morgan fingerprint density at radius 1 is 0.818 bits per heavy atom. The molecule has 4 nitrogen and oxygen atoms in total. The van der Waals surface area contributed by atoms with Gasteiger partial charge in [0.05, 0.1) is 17.6 Å². The summed E-state index contributed by atoms with van der Waals surface area (Å²) in [6, 6.07) is 0. The Balaban J connectivity index is 0.000000235. The first-order valence-corrected chi connectivity index (χ1v) is 6.86. The first-order valence-electron chi connectivity index (χ1n) is 6.86. The summed E-state index contributed by atoms with van der Waals surface area (Å²) < 4.78 is 36.4. The predicted octanol–water partition coefficient (Wildman–Crippen LogP) is 4.22. The molecule has 0 unspecified atom stereocenters. The van der Waals surface area contributed by atoms with Gasteiger partial charge in [0, 0.05) is 24.8 Å². The van der Waals surface area contributed by atoms with Crippen molar-refractivity contribution < 1.29 is 13.2 Å². The van der Waals surface area contributed by atoms with Gasteiger partial charge in [-0.05, 0) is 11.8 Å². The summed E-state index contributed by atoms with van der Waals surface area (Å²) in [6.07, 6.45) is 2.87. The highest BCUT2D eigenvalue weighted by molar-refractivity contribution is 5.08. The summed E-state index contributed by atoms with van der Waals surface area (Å²) in [5.41, 5.74) is 0.478. The molecule has 2 aromatic heterocycles. The van der Waals surface area contributed by atoms with E-state index in [0.717, 1.165) is 11.9 Å². The van der Waals surface area contributed by atoms with Gasteiger partial charge in [0.1, 0.15) is 0 Å². The number of halogens is 3. The Hall–Kier alpha value is -2.05. The van der Waals surface area contributed by atoms with Crippen LogP contribution >= 0.6 is 0 Å². The molecular weight excluding hydrogens is 293 g/mol. The number of rotatable bonds is 2. The van der Waals surface area contributed by atoms with Crippen molar-refractivity contribution in [2.75, 3.05) is 0 Å². The lowest BCUT2D eigenvalue weighted by molar-refractivity contribution is -0.141. The van der Waals surface area contributed by atoms with E-state index in [9.17, 15) is 13.2 Å². The molecule has 7 heteroatoms. The van der Waals surface area contributed by atoms with Crippen molar-refractivity contribution in [1.82, 2.24) is 19.9 Å². The zero-order valence-electron chi connectivity index (χ0n) is 13.0. The third-order valence-electron chi connectivity index (χ3n) is 2.71. The number of alkyl halides is 3. The maximum atomic E-state index is 12.1. The predicted molar refractivity (Wildman–Crippen MR) is 77.2 cm³/mol. The first kappa shape index (κ1) is 18.0. The Morgan fingerprint density at radius 3 is 1.82 bits per heavy atom. The lowest BCUT2D eigenvalue weighted by Crippen LogP contribution is -2.10. The van der Waals surface area contributed by atoms with Gasteiger partial charge in [-0.2, -0.15) is 13.2 Å². The first-order chi connectivity index (χ1) is 10.2. The molecule has 0 spiro atoms. The van der Waals surface area contributed by atoms with Gasteiger partial charge < -0.3 is 0 Å². The Morgan fingerprint density at radius 2 is 1.41 bits per heavy atom. The maximum Gasteiger partial charge on any atom is 0.434 e. The Kier molecular flexibility index (Phi) is 6.39. The van der Waals surface area contributed by atoms with Crippen LogP contribution in [0, 0.1) is 0 Å². The second-order valence-corrected chi connectivity index (χ2v) is 5.27. The summed E-state index contributed by atoms with van der Waals surface area (Å²) in [5.74, 6) is 0.438. The minimum atomic E-state index is -4.40. The fraction of sp³-hybridized carbons (Fsp3) is 0.467. The monoisotopic (exact) mass is 312 g/mol. The van der Waals surface area contributed by atoms with E-state index in [1.807, 2.05) is 0 Å². The van der Waals surface area contributed by atoms with Gasteiger partial charge in [0.2, 0.25) is 0 Å². The lowest BCUT2D eigenvalue weighted by Gasteiger charge is -2.08. The summed E-state index contributed by atoms with van der Waals surface area (Å²) in [7, 11) is 0. The molecule has 0 aliphatic heterocycles. The SMILES string of the molecule is CC(C)c1cncc(C(F)(F)F)n1.CC(C)c1cnccn1. The summed E-state index contributed by atoms with van der Waals surface area (Å²) in [6.45, 7) is 7.74. The summed E-state index contributed by atoms with van der Waals surface area (Å²) in [4.78, 5) is 15.0. The third kappa shape index (κ3) is 5.75. The van der Waals surface area contributed by atoms with Crippen LogP contribution in [0.5, 0.6) is 0 Å². The van der Waals surface area contributed by atoms with E-state index in [-0.39, 0.29) is 5.92 Å². The largest absolute Gasteiger partial charge is 0.434 e. The number of nitrogens with zero attached hydrogens (tertiary/aromatic N) is 4. The molecule has 2 aromatic rings. The average molecular weight is 312 g/mol. The van der Waals surface area contributed by atoms with Crippen molar-refractivity contribution in [3.63, 3.8) is 0 Å². The van der Waals surface area contributed by atoms with Gasteiger partial charge >= 0.3 is 6.18 Å². The van der Waals surface area contributed by atoms with Crippen LogP contribution in [0.25, 0.3) is 0 Å². The van der Waals surface area contributed by atoms with Crippen molar-refractivity contribution in [1.29, 1.82) is 0 Å². The van der Waals surface area contributed by atoms with Crippen LogP contribution in [0.1, 0.15) is 56.6 Å². The summed E-state index contributed by atoms with van der Waals surface area (Å²) >= 11 is 0. The molecule has 0 aromatic carbocycles. The van der Waals surface area contributed by atoms with E-state index in [1.165, 1.54) is 6.20 Å². The molecule has 0 fully saturated rings. The standard InChI is InChI=1S/C8H9F3N2.C7H10N2/c1-5(2)6-3-12-4-7(13-6)8(9,10)11;1-6(2)7-5-8-3-4-9-7/h3-5H,1-2H3;3-6H,1-2H3. The second-order valence-electron chi connectivity index (χ2n) is 5.27. The third-order valence-corrected chi connectivity index (χ3v) is 2.71. The molecule has 120 valence electrons. The van der Waals surface area contributed by atoms with E-state index in [1.54, 1.807) is 32.4 Å². The molecular formula is C15H19F3N4. The topological polar surface area (TPSA) is 51.6 Å². The molecule has 0 aliphatic rings. The minimum Gasteiger partial charge on any atom is -0.261 e. The molecule has 2 heterocycles. The van der Waals surface area contributed by atoms with Gasteiger partial charge in [0.25, 0.3) is 0 Å². The van der Waals surface area contributed by atoms with E-state index >= 15 is 0 Å². The molecule has 0 radical (unpaired) electrons. The smallest absolute Gasteiger partial charge is 0.261 e. The van der Waals surface area contributed by atoms with Crippen LogP contribution in [0.15, 0.2) is 31.0 Å². The molecule has 0 bridgehead atoms. The van der Waals surface area contributed by atoms with Gasteiger partial charge in [-0.25, -0.2) is 4.98 Å². The van der Waals surface area contributed by atoms with E-state index < -0.39 is 11.9 Å². The molecule has 0 amide bonds. The van der Waals surface area contributed by atoms with Crippen LogP contribution in [0.2, 0.25) is 0 Å². The van der Waals surface area contributed by atoms with Gasteiger partial charge in [0.15, 0.2) is 5.69 Å². The minimum absolute atomic E-state index is 0.0465. The highest BCUT2D eigenvalue weighted by Crippen LogP contribution is 2.27. The van der Waals surface area contributed by atoms with Crippen LogP contribution < -0.4 is 0 Å². The lowest BCUT2D eigenvalue weighted by atomic mass is 10.1.